The van der Waals surface area contributed by atoms with Gasteiger partial charge in [-0.25, -0.2) is 4.98 Å². The molecule has 0 atom stereocenters. The van der Waals surface area contributed by atoms with Crippen LogP contribution in [-0.4, -0.2) is 37.9 Å². The first-order chi connectivity index (χ1) is 12.9. The molecule has 138 valence electrons. The number of imidazole rings is 1. The Balaban J connectivity index is 1.88. The Labute approximate surface area is 162 Å². The van der Waals surface area contributed by atoms with Crippen LogP contribution in [0.25, 0.3) is 16.7 Å². The summed E-state index contributed by atoms with van der Waals surface area (Å²) in [4.78, 5) is 19.9. The largest absolute Gasteiger partial charge is 0.325 e. The molecule has 0 unspecified atom stereocenters. The number of fused-ring (bicyclic) bond motifs is 2. The molecular weight excluding hydrogens is 436 g/mol. The summed E-state index contributed by atoms with van der Waals surface area (Å²) >= 11 is 3.33. The van der Waals surface area contributed by atoms with Gasteiger partial charge in [-0.15, -0.1) is 0 Å². The quantitative estimate of drug-likeness (QED) is 0.512. The second-order valence-electron chi connectivity index (χ2n) is 5.69. The molecule has 0 aromatic carbocycles. The lowest BCUT2D eigenvalue weighted by atomic mass is 10.3. The first-order valence-corrected chi connectivity index (χ1v) is 10.2. The maximum absolute atomic E-state index is 13.2. The van der Waals surface area contributed by atoms with Crippen LogP contribution >= 0.6 is 15.9 Å². The molecule has 0 aliphatic rings. The average Bonchev–Trinajstić information content (AvgIpc) is 3.25. The SMILES string of the molecule is CCC(=O)Nc1cnc2cnn(S(=O)(=O)c3cnc4ccc(Br)cn34)c2c1. The van der Waals surface area contributed by atoms with Crippen molar-refractivity contribution < 1.29 is 13.2 Å². The molecule has 0 radical (unpaired) electrons. The van der Waals surface area contributed by atoms with E-state index in [0.717, 1.165) is 4.09 Å². The predicted molar refractivity (Wildman–Crippen MR) is 102 cm³/mol. The molecule has 0 saturated heterocycles. The lowest BCUT2D eigenvalue weighted by Gasteiger charge is -2.07. The molecule has 0 saturated carbocycles. The van der Waals surface area contributed by atoms with Gasteiger partial charge >= 0.3 is 10.0 Å². The number of halogens is 1. The van der Waals surface area contributed by atoms with Gasteiger partial charge in [-0.2, -0.15) is 17.6 Å². The number of rotatable bonds is 4. The summed E-state index contributed by atoms with van der Waals surface area (Å²) in [6.07, 6.45) is 6.01. The van der Waals surface area contributed by atoms with Crippen molar-refractivity contribution in [1.29, 1.82) is 0 Å². The Morgan fingerprint density at radius 1 is 1.22 bits per heavy atom. The number of pyridine rings is 2. The Kier molecular flexibility index (Phi) is 4.19. The predicted octanol–water partition coefficient (Wildman–Crippen LogP) is 2.43. The third kappa shape index (κ3) is 2.98. The molecule has 0 aliphatic carbocycles. The van der Waals surface area contributed by atoms with Gasteiger partial charge in [0.05, 0.1) is 24.3 Å². The second kappa shape index (κ2) is 6.43. The van der Waals surface area contributed by atoms with Gasteiger partial charge in [0.25, 0.3) is 0 Å². The van der Waals surface area contributed by atoms with Crippen molar-refractivity contribution >= 4 is 54.2 Å². The highest BCUT2D eigenvalue weighted by atomic mass is 79.9. The molecular formula is C16H13BrN6O3S. The third-order valence-corrected chi connectivity index (χ3v) is 5.97. The van der Waals surface area contributed by atoms with E-state index in [9.17, 15) is 13.2 Å². The van der Waals surface area contributed by atoms with Crippen molar-refractivity contribution in [3.8, 4) is 0 Å². The number of anilines is 1. The van der Waals surface area contributed by atoms with Crippen LogP contribution in [-0.2, 0) is 14.8 Å². The molecule has 0 spiro atoms. The van der Waals surface area contributed by atoms with Gasteiger partial charge in [0.15, 0.2) is 5.03 Å². The number of carbonyl (C=O) groups is 1. The number of nitrogens with one attached hydrogen (secondary N) is 1. The van der Waals surface area contributed by atoms with E-state index in [1.807, 2.05) is 0 Å². The van der Waals surface area contributed by atoms with Crippen LogP contribution in [0.2, 0.25) is 0 Å². The zero-order valence-corrected chi connectivity index (χ0v) is 16.4. The van der Waals surface area contributed by atoms with Gasteiger partial charge in [-0.05, 0) is 34.1 Å². The van der Waals surface area contributed by atoms with Gasteiger partial charge < -0.3 is 5.32 Å². The lowest BCUT2D eigenvalue weighted by Crippen LogP contribution is -2.16. The summed E-state index contributed by atoms with van der Waals surface area (Å²) in [6, 6.07) is 5.00. The molecule has 0 bridgehead atoms. The highest BCUT2D eigenvalue weighted by molar-refractivity contribution is 9.10. The summed E-state index contributed by atoms with van der Waals surface area (Å²) in [7, 11) is -4.04. The number of hydrogen-bond donors (Lipinski definition) is 1. The molecule has 4 aromatic rings. The molecule has 4 rings (SSSR count). The fourth-order valence-corrected chi connectivity index (χ4v) is 4.28. The standard InChI is InChI=1S/C16H13BrN6O3S/c1-2-15(24)21-11-5-13-12(18-6-11)7-20-23(13)27(25,26)16-8-19-14-4-3-10(17)9-22(14)16/h3-9H,2H2,1H3,(H,21,24). The van der Waals surface area contributed by atoms with Gasteiger partial charge in [0.1, 0.15) is 16.7 Å². The molecule has 0 fully saturated rings. The van der Waals surface area contributed by atoms with E-state index in [4.69, 9.17) is 0 Å². The highest BCUT2D eigenvalue weighted by Gasteiger charge is 2.25. The van der Waals surface area contributed by atoms with Crippen LogP contribution in [0.15, 0.2) is 52.5 Å². The summed E-state index contributed by atoms with van der Waals surface area (Å²) in [5.74, 6) is -0.197. The van der Waals surface area contributed by atoms with Gasteiger partial charge in [-0.3, -0.25) is 14.2 Å². The zero-order valence-electron chi connectivity index (χ0n) is 14.0. The van der Waals surface area contributed by atoms with E-state index >= 15 is 0 Å². The maximum Gasteiger partial charge on any atom is 0.301 e. The Morgan fingerprint density at radius 3 is 2.81 bits per heavy atom. The highest BCUT2D eigenvalue weighted by Crippen LogP contribution is 2.23. The monoisotopic (exact) mass is 448 g/mol. The minimum Gasteiger partial charge on any atom is -0.325 e. The van der Waals surface area contributed by atoms with Crippen LogP contribution < -0.4 is 5.32 Å². The smallest absolute Gasteiger partial charge is 0.301 e. The van der Waals surface area contributed by atoms with Crippen LogP contribution in [0.1, 0.15) is 13.3 Å². The first-order valence-electron chi connectivity index (χ1n) is 7.92. The van der Waals surface area contributed by atoms with Crippen molar-refractivity contribution in [2.75, 3.05) is 5.32 Å². The van der Waals surface area contributed by atoms with Crippen LogP contribution in [0.3, 0.4) is 0 Å². The number of aromatic nitrogens is 5. The fraction of sp³-hybridized carbons (Fsp3) is 0.125. The topological polar surface area (TPSA) is 111 Å². The van der Waals surface area contributed by atoms with Crippen molar-refractivity contribution in [1.82, 2.24) is 23.6 Å². The summed E-state index contributed by atoms with van der Waals surface area (Å²) in [5.41, 5.74) is 1.53. The Bertz CT molecular complexity index is 1290. The van der Waals surface area contributed by atoms with Gasteiger partial charge in [-0.1, -0.05) is 6.92 Å². The molecule has 1 N–H and O–H groups in total. The van der Waals surface area contributed by atoms with E-state index in [1.54, 1.807) is 25.3 Å². The zero-order chi connectivity index (χ0) is 19.2. The fourth-order valence-electron chi connectivity index (χ4n) is 2.61. The molecule has 4 aromatic heterocycles. The number of hydrogen-bond acceptors (Lipinski definition) is 6. The third-order valence-electron chi connectivity index (χ3n) is 3.92. The van der Waals surface area contributed by atoms with Crippen LogP contribution in [0.5, 0.6) is 0 Å². The van der Waals surface area contributed by atoms with Crippen molar-refractivity contribution in [3.05, 3.63) is 47.5 Å². The molecule has 11 heteroatoms. The average molecular weight is 449 g/mol. The van der Waals surface area contributed by atoms with E-state index in [0.29, 0.717) is 27.7 Å². The molecule has 27 heavy (non-hydrogen) atoms. The van der Waals surface area contributed by atoms with Gasteiger partial charge in [0, 0.05) is 17.1 Å². The van der Waals surface area contributed by atoms with Crippen LogP contribution in [0.4, 0.5) is 5.69 Å². The molecule has 1 amide bonds. The summed E-state index contributed by atoms with van der Waals surface area (Å²) in [6.45, 7) is 1.72. The van der Waals surface area contributed by atoms with Gasteiger partial charge in [0.2, 0.25) is 5.91 Å². The van der Waals surface area contributed by atoms with E-state index in [1.165, 1.54) is 29.1 Å². The number of nitrogens with zero attached hydrogens (tertiary/aromatic N) is 5. The Morgan fingerprint density at radius 2 is 2.04 bits per heavy atom. The normalized spacial score (nSPS) is 11.9. The van der Waals surface area contributed by atoms with E-state index in [2.05, 4.69) is 36.3 Å². The maximum atomic E-state index is 13.2. The van der Waals surface area contributed by atoms with E-state index in [-0.39, 0.29) is 16.4 Å². The number of amides is 1. The number of carbonyl (C=O) groups excluding carboxylic acids is 1. The van der Waals surface area contributed by atoms with Crippen LogP contribution in [0, 0.1) is 0 Å². The minimum atomic E-state index is -4.04. The summed E-state index contributed by atoms with van der Waals surface area (Å²) < 4.78 is 29.4. The molecule has 9 nitrogen and oxygen atoms in total. The first kappa shape index (κ1) is 17.6. The second-order valence-corrected chi connectivity index (χ2v) is 8.32. The summed E-state index contributed by atoms with van der Waals surface area (Å²) in [5, 5.41) is 6.62. The van der Waals surface area contributed by atoms with Crippen molar-refractivity contribution in [2.24, 2.45) is 0 Å². The Hall–Kier alpha value is -2.79. The van der Waals surface area contributed by atoms with Crippen molar-refractivity contribution in [2.45, 2.75) is 18.4 Å². The lowest BCUT2D eigenvalue weighted by molar-refractivity contribution is -0.115. The molecule has 0 aliphatic heterocycles. The molecule has 4 heterocycles. The van der Waals surface area contributed by atoms with E-state index < -0.39 is 10.0 Å². The van der Waals surface area contributed by atoms with Crippen molar-refractivity contribution in [3.63, 3.8) is 0 Å². The minimum absolute atomic E-state index is 0.0354.